The van der Waals surface area contributed by atoms with Crippen LogP contribution >= 0.6 is 0 Å². The number of rotatable bonds is 7. The van der Waals surface area contributed by atoms with Crippen molar-refractivity contribution in [2.24, 2.45) is 7.05 Å². The van der Waals surface area contributed by atoms with Crippen molar-refractivity contribution in [3.63, 3.8) is 0 Å². The number of imide groups is 1. The van der Waals surface area contributed by atoms with Crippen molar-refractivity contribution in [2.45, 2.75) is 12.8 Å². The summed E-state index contributed by atoms with van der Waals surface area (Å²) in [5, 5.41) is 2.76. The van der Waals surface area contributed by atoms with E-state index in [4.69, 9.17) is 0 Å². The molecular weight excluding hydrogens is 396 g/mol. The number of amides is 3. The molecule has 31 heavy (non-hydrogen) atoms. The smallest absolute Gasteiger partial charge is 0.261 e. The largest absolute Gasteiger partial charge is 0.331 e. The van der Waals surface area contributed by atoms with Gasteiger partial charge in [0.25, 0.3) is 11.8 Å². The molecule has 0 spiro atoms. The molecule has 1 aromatic heterocycles. The van der Waals surface area contributed by atoms with Gasteiger partial charge in [-0.05, 0) is 42.8 Å². The monoisotopic (exact) mass is 416 g/mol. The Labute approximate surface area is 178 Å². The van der Waals surface area contributed by atoms with Crippen LogP contribution in [0.1, 0.15) is 49.7 Å². The Balaban J connectivity index is 1.29. The molecule has 0 atom stereocenters. The summed E-state index contributed by atoms with van der Waals surface area (Å²) in [5.74, 6) is -0.751. The number of nitrogens with zero attached hydrogens (tertiary/aromatic N) is 3. The Morgan fingerprint density at radius 2 is 1.61 bits per heavy atom. The minimum Gasteiger partial charge on any atom is -0.331 e. The summed E-state index contributed by atoms with van der Waals surface area (Å²) in [4.78, 5) is 54.6. The van der Waals surface area contributed by atoms with Gasteiger partial charge in [-0.1, -0.05) is 12.1 Å². The Morgan fingerprint density at radius 1 is 0.968 bits per heavy atom. The number of hydrogen-bond donors (Lipinski definition) is 1. The number of hydrogen-bond acceptors (Lipinski definition) is 5. The second-order valence-corrected chi connectivity index (χ2v) is 7.23. The highest BCUT2D eigenvalue weighted by molar-refractivity contribution is 6.21. The predicted molar refractivity (Wildman–Crippen MR) is 113 cm³/mol. The Morgan fingerprint density at radius 3 is 2.19 bits per heavy atom. The highest BCUT2D eigenvalue weighted by Gasteiger charge is 2.34. The molecule has 4 rings (SSSR count). The standard InChI is InChI=1S/C23H20N4O4/c1-26-14-12-24-21(26)20(29)15-8-10-16(11-9-15)25-19(28)7-4-13-27-22(30)17-5-2-3-6-18(17)23(27)31/h2-3,5-6,8-12,14H,4,7,13H2,1H3,(H,25,28). The fourth-order valence-corrected chi connectivity index (χ4v) is 3.48. The van der Waals surface area contributed by atoms with E-state index in [0.29, 0.717) is 34.6 Å². The van der Waals surface area contributed by atoms with Crippen molar-refractivity contribution in [1.82, 2.24) is 14.5 Å². The maximum atomic E-state index is 12.4. The molecule has 0 fully saturated rings. The Kier molecular flexibility index (Phi) is 5.44. The summed E-state index contributed by atoms with van der Waals surface area (Å²) < 4.78 is 1.65. The minimum absolute atomic E-state index is 0.154. The van der Waals surface area contributed by atoms with Crippen molar-refractivity contribution in [3.05, 3.63) is 83.4 Å². The molecule has 3 aromatic rings. The predicted octanol–water partition coefficient (Wildman–Crippen LogP) is 2.67. The van der Waals surface area contributed by atoms with E-state index in [-0.39, 0.29) is 36.5 Å². The van der Waals surface area contributed by atoms with Crippen molar-refractivity contribution < 1.29 is 19.2 Å². The maximum absolute atomic E-state index is 12.4. The van der Waals surface area contributed by atoms with Crippen LogP contribution in [-0.2, 0) is 11.8 Å². The van der Waals surface area contributed by atoms with Gasteiger partial charge in [-0.3, -0.25) is 24.1 Å². The first-order chi connectivity index (χ1) is 15.0. The topological polar surface area (TPSA) is 101 Å². The van der Waals surface area contributed by atoms with Crippen LogP contribution in [0.25, 0.3) is 0 Å². The summed E-state index contributed by atoms with van der Waals surface area (Å²) in [5.41, 5.74) is 1.83. The van der Waals surface area contributed by atoms with Gasteiger partial charge in [0.2, 0.25) is 11.7 Å². The molecule has 3 amide bonds. The van der Waals surface area contributed by atoms with Crippen molar-refractivity contribution >= 4 is 29.2 Å². The van der Waals surface area contributed by atoms with E-state index < -0.39 is 0 Å². The summed E-state index contributed by atoms with van der Waals surface area (Å²) in [6.07, 6.45) is 3.77. The summed E-state index contributed by atoms with van der Waals surface area (Å²) in [6, 6.07) is 13.3. The second-order valence-electron chi connectivity index (χ2n) is 7.23. The lowest BCUT2D eigenvalue weighted by Gasteiger charge is -2.13. The number of aryl methyl sites for hydroxylation is 1. The van der Waals surface area contributed by atoms with Crippen molar-refractivity contribution in [1.29, 1.82) is 0 Å². The van der Waals surface area contributed by atoms with Gasteiger partial charge >= 0.3 is 0 Å². The summed E-state index contributed by atoms with van der Waals surface area (Å²) in [7, 11) is 1.75. The first-order valence-corrected chi connectivity index (χ1v) is 9.83. The number of nitrogens with one attached hydrogen (secondary N) is 1. The van der Waals surface area contributed by atoms with Gasteiger partial charge in [-0.25, -0.2) is 4.98 Å². The Bertz CT molecular complexity index is 1150. The zero-order valence-electron chi connectivity index (χ0n) is 16.9. The number of anilines is 1. The van der Waals surface area contributed by atoms with Crippen molar-refractivity contribution in [2.75, 3.05) is 11.9 Å². The lowest BCUT2D eigenvalue weighted by atomic mass is 10.1. The van der Waals surface area contributed by atoms with Gasteiger partial charge in [-0.15, -0.1) is 0 Å². The van der Waals surface area contributed by atoms with E-state index in [2.05, 4.69) is 10.3 Å². The van der Waals surface area contributed by atoms with E-state index in [1.54, 1.807) is 72.5 Å². The minimum atomic E-state index is -0.325. The van der Waals surface area contributed by atoms with Crippen LogP contribution < -0.4 is 5.32 Å². The summed E-state index contributed by atoms with van der Waals surface area (Å²) >= 11 is 0. The second kappa shape index (κ2) is 8.35. The van der Waals surface area contributed by atoms with Crippen LogP contribution in [0.3, 0.4) is 0 Å². The molecule has 1 aliphatic rings. The average molecular weight is 416 g/mol. The van der Waals surface area contributed by atoms with Gasteiger partial charge in [0.15, 0.2) is 5.82 Å². The molecule has 0 radical (unpaired) electrons. The molecule has 2 heterocycles. The van der Waals surface area contributed by atoms with Gasteiger partial charge in [-0.2, -0.15) is 0 Å². The fraction of sp³-hybridized carbons (Fsp3) is 0.174. The van der Waals surface area contributed by atoms with Crippen LogP contribution in [0, 0.1) is 0 Å². The molecule has 1 N–H and O–H groups in total. The maximum Gasteiger partial charge on any atom is 0.261 e. The summed E-state index contributed by atoms with van der Waals surface area (Å²) in [6.45, 7) is 0.177. The third-order valence-electron chi connectivity index (χ3n) is 5.12. The van der Waals surface area contributed by atoms with E-state index in [9.17, 15) is 19.2 Å². The molecule has 1 aliphatic heterocycles. The van der Waals surface area contributed by atoms with Gasteiger partial charge in [0.05, 0.1) is 11.1 Å². The third kappa shape index (κ3) is 4.00. The Hall–Kier alpha value is -4.07. The molecule has 0 saturated heterocycles. The molecule has 8 heteroatoms. The van der Waals surface area contributed by atoms with E-state index >= 15 is 0 Å². The highest BCUT2D eigenvalue weighted by atomic mass is 16.2. The van der Waals surface area contributed by atoms with Crippen LogP contribution in [0.4, 0.5) is 5.69 Å². The molecule has 0 bridgehead atoms. The van der Waals surface area contributed by atoms with Crippen LogP contribution in [-0.4, -0.2) is 44.5 Å². The lowest BCUT2D eigenvalue weighted by molar-refractivity contribution is -0.116. The molecule has 8 nitrogen and oxygen atoms in total. The van der Waals surface area contributed by atoms with Crippen LogP contribution in [0.5, 0.6) is 0 Å². The number of fused-ring (bicyclic) bond motifs is 1. The normalized spacial score (nSPS) is 12.7. The van der Waals surface area contributed by atoms with Crippen molar-refractivity contribution in [3.8, 4) is 0 Å². The number of carbonyl (C=O) groups excluding carboxylic acids is 4. The number of imidazole rings is 1. The third-order valence-corrected chi connectivity index (χ3v) is 5.12. The van der Waals surface area contributed by atoms with Crippen LogP contribution in [0.15, 0.2) is 60.9 Å². The van der Waals surface area contributed by atoms with Gasteiger partial charge in [0, 0.05) is 43.7 Å². The molecule has 0 saturated carbocycles. The number of ketones is 1. The van der Waals surface area contributed by atoms with Gasteiger partial charge < -0.3 is 9.88 Å². The van der Waals surface area contributed by atoms with E-state index in [1.165, 1.54) is 4.90 Å². The quantitative estimate of drug-likeness (QED) is 0.471. The molecule has 0 aliphatic carbocycles. The van der Waals surface area contributed by atoms with E-state index in [0.717, 1.165) is 0 Å². The molecule has 156 valence electrons. The first kappa shape index (κ1) is 20.2. The number of carbonyl (C=O) groups is 4. The lowest BCUT2D eigenvalue weighted by Crippen LogP contribution is -2.31. The molecular formula is C23H20N4O4. The fourth-order valence-electron chi connectivity index (χ4n) is 3.48. The SMILES string of the molecule is Cn1ccnc1C(=O)c1ccc(NC(=O)CCCN2C(=O)c3ccccc3C2=O)cc1. The highest BCUT2D eigenvalue weighted by Crippen LogP contribution is 2.22. The van der Waals surface area contributed by atoms with Gasteiger partial charge in [0.1, 0.15) is 0 Å². The average Bonchev–Trinajstić information content (AvgIpc) is 3.31. The molecule has 2 aromatic carbocycles. The first-order valence-electron chi connectivity index (χ1n) is 9.83. The number of aromatic nitrogens is 2. The van der Waals surface area contributed by atoms with E-state index in [1.807, 2.05) is 0 Å². The van der Waals surface area contributed by atoms with Crippen LogP contribution in [0.2, 0.25) is 0 Å². The zero-order chi connectivity index (χ0) is 22.0. The zero-order valence-corrected chi connectivity index (χ0v) is 16.9. The molecule has 0 unspecified atom stereocenters. The number of benzene rings is 2.